The molecular formula is C7H13Cl2PS. The van der Waals surface area contributed by atoms with Crippen molar-refractivity contribution < 1.29 is 0 Å². The van der Waals surface area contributed by atoms with Gasteiger partial charge in [0.2, 0.25) is 0 Å². The first-order valence-corrected chi connectivity index (χ1v) is 8.78. The van der Waals surface area contributed by atoms with Crippen molar-refractivity contribution in [1.29, 1.82) is 0 Å². The van der Waals surface area contributed by atoms with E-state index in [1.807, 2.05) is 0 Å². The average molecular weight is 231 g/mol. The van der Waals surface area contributed by atoms with Gasteiger partial charge in [-0.15, -0.1) is 0 Å². The third-order valence-corrected chi connectivity index (χ3v) is 6.17. The van der Waals surface area contributed by atoms with E-state index in [2.05, 4.69) is 0 Å². The largest absolute Gasteiger partial charge is 0.122 e. The van der Waals surface area contributed by atoms with E-state index in [1.54, 1.807) is 0 Å². The smallest absolute Gasteiger partial charge is 0.0681 e. The summed E-state index contributed by atoms with van der Waals surface area (Å²) in [6, 6.07) is 0. The Labute approximate surface area is 83.2 Å². The van der Waals surface area contributed by atoms with Gasteiger partial charge >= 0.3 is 0 Å². The molecule has 0 aromatic heterocycles. The van der Waals surface area contributed by atoms with Crippen molar-refractivity contribution in [2.45, 2.75) is 44.2 Å². The fourth-order valence-electron chi connectivity index (χ4n) is 1.56. The SMILES string of the molecule is S=P(Cl)(Cl)C1CCCCCC1. The molecule has 4 heteroatoms. The Balaban J connectivity index is 2.49. The summed E-state index contributed by atoms with van der Waals surface area (Å²) in [5.74, 6) is 0. The van der Waals surface area contributed by atoms with Crippen LogP contribution in [0.1, 0.15) is 38.5 Å². The lowest BCUT2D eigenvalue weighted by Gasteiger charge is -2.17. The van der Waals surface area contributed by atoms with Crippen molar-refractivity contribution in [2.75, 3.05) is 0 Å². The molecular weight excluding hydrogens is 218 g/mol. The molecule has 11 heavy (non-hydrogen) atoms. The molecule has 1 rings (SSSR count). The molecule has 0 atom stereocenters. The number of rotatable bonds is 1. The molecule has 0 aromatic rings. The first-order valence-electron chi connectivity index (χ1n) is 4.10. The van der Waals surface area contributed by atoms with Crippen molar-refractivity contribution in [3.63, 3.8) is 0 Å². The molecule has 0 radical (unpaired) electrons. The Bertz CT molecular complexity index is 158. The molecule has 0 bridgehead atoms. The zero-order valence-electron chi connectivity index (χ0n) is 6.43. The van der Waals surface area contributed by atoms with Gasteiger partial charge in [0, 0.05) is 5.66 Å². The Morgan fingerprint density at radius 3 is 1.82 bits per heavy atom. The van der Waals surface area contributed by atoms with Crippen LogP contribution in [0, 0.1) is 0 Å². The molecule has 0 aromatic carbocycles. The van der Waals surface area contributed by atoms with Crippen LogP contribution in [0.3, 0.4) is 0 Å². The fraction of sp³-hybridized carbons (Fsp3) is 1.00. The Hall–Kier alpha value is 1.23. The lowest BCUT2D eigenvalue weighted by atomic mass is 10.2. The normalized spacial score (nSPS) is 23.1. The average Bonchev–Trinajstić information content (AvgIpc) is 2.10. The zero-order valence-corrected chi connectivity index (χ0v) is 9.65. The predicted molar refractivity (Wildman–Crippen MR) is 57.5 cm³/mol. The standard InChI is InChI=1S/C7H13Cl2PS/c8-10(9,11)7-5-3-1-2-4-6-7/h7H,1-6H2. The molecule has 0 unspecified atom stereocenters. The van der Waals surface area contributed by atoms with Gasteiger partial charge in [0.15, 0.2) is 0 Å². The molecule has 0 N–H and O–H groups in total. The summed E-state index contributed by atoms with van der Waals surface area (Å²) in [4.78, 5) is 0. The highest BCUT2D eigenvalue weighted by molar-refractivity contribution is 8.39. The summed E-state index contributed by atoms with van der Waals surface area (Å²) in [7, 11) is 0. The van der Waals surface area contributed by atoms with Gasteiger partial charge < -0.3 is 0 Å². The molecule has 0 aliphatic heterocycles. The maximum absolute atomic E-state index is 5.98. The lowest BCUT2D eigenvalue weighted by Crippen LogP contribution is -2.00. The summed E-state index contributed by atoms with van der Waals surface area (Å²) in [5, 5.41) is 0. The third-order valence-electron chi connectivity index (χ3n) is 2.25. The number of hydrogen-bond donors (Lipinski definition) is 0. The van der Waals surface area contributed by atoms with E-state index >= 15 is 0 Å². The molecule has 0 saturated heterocycles. The second kappa shape index (κ2) is 4.46. The van der Waals surface area contributed by atoms with Crippen molar-refractivity contribution in [3.05, 3.63) is 0 Å². The van der Waals surface area contributed by atoms with Crippen LogP contribution in [0.5, 0.6) is 0 Å². The summed E-state index contributed by atoms with van der Waals surface area (Å²) in [5.41, 5.74) is 0.448. The van der Waals surface area contributed by atoms with E-state index < -0.39 is 4.74 Å². The van der Waals surface area contributed by atoms with Crippen LogP contribution in [0.15, 0.2) is 0 Å². The molecule has 1 aliphatic carbocycles. The topological polar surface area (TPSA) is 0 Å². The second-order valence-corrected chi connectivity index (χ2v) is 11.5. The first kappa shape index (κ1) is 10.3. The van der Waals surface area contributed by atoms with Gasteiger partial charge in [0.1, 0.15) is 4.74 Å². The van der Waals surface area contributed by atoms with E-state index in [0.717, 1.165) is 12.8 Å². The summed E-state index contributed by atoms with van der Waals surface area (Å²) in [6.45, 7) is 0. The van der Waals surface area contributed by atoms with Gasteiger partial charge in [-0.05, 0) is 12.8 Å². The molecule has 0 nitrogen and oxygen atoms in total. The monoisotopic (exact) mass is 230 g/mol. The molecule has 1 aliphatic rings. The maximum Gasteiger partial charge on any atom is 0.122 e. The van der Waals surface area contributed by atoms with Crippen molar-refractivity contribution >= 4 is 39.0 Å². The number of hydrogen-bond acceptors (Lipinski definition) is 1. The predicted octanol–water partition coefficient (Wildman–Crippen LogP) is 4.50. The van der Waals surface area contributed by atoms with E-state index in [9.17, 15) is 0 Å². The quantitative estimate of drug-likeness (QED) is 0.473. The van der Waals surface area contributed by atoms with Gasteiger partial charge in [-0.1, -0.05) is 60.0 Å². The van der Waals surface area contributed by atoms with E-state index in [0.29, 0.717) is 5.66 Å². The molecule has 1 saturated carbocycles. The summed E-state index contributed by atoms with van der Waals surface area (Å²) < 4.78 is -1.99. The highest BCUT2D eigenvalue weighted by Crippen LogP contribution is 2.64. The van der Waals surface area contributed by atoms with Crippen LogP contribution in [0.2, 0.25) is 0 Å². The van der Waals surface area contributed by atoms with Crippen LogP contribution in [0.4, 0.5) is 0 Å². The van der Waals surface area contributed by atoms with E-state index in [4.69, 9.17) is 34.3 Å². The van der Waals surface area contributed by atoms with Crippen LogP contribution < -0.4 is 0 Å². The molecule has 1 fully saturated rings. The first-order chi connectivity index (χ1) is 5.11. The number of halogens is 2. The van der Waals surface area contributed by atoms with Crippen molar-refractivity contribution in [3.8, 4) is 0 Å². The molecule has 66 valence electrons. The fourth-order valence-corrected chi connectivity index (χ4v) is 4.33. The minimum Gasteiger partial charge on any atom is -0.0681 e. The minimum absolute atomic E-state index is 0.448. The van der Waals surface area contributed by atoms with Crippen LogP contribution >= 0.6 is 27.2 Å². The van der Waals surface area contributed by atoms with Crippen molar-refractivity contribution in [2.24, 2.45) is 0 Å². The van der Waals surface area contributed by atoms with Crippen LogP contribution in [-0.2, 0) is 11.8 Å². The highest BCUT2D eigenvalue weighted by atomic mass is 35.9. The van der Waals surface area contributed by atoms with Crippen molar-refractivity contribution in [1.82, 2.24) is 0 Å². The highest BCUT2D eigenvalue weighted by Gasteiger charge is 2.24. The van der Waals surface area contributed by atoms with Gasteiger partial charge in [0.05, 0.1) is 0 Å². The maximum atomic E-state index is 5.98. The van der Waals surface area contributed by atoms with Crippen LogP contribution in [0.25, 0.3) is 0 Å². The van der Waals surface area contributed by atoms with Crippen LogP contribution in [-0.4, -0.2) is 5.66 Å². The Morgan fingerprint density at radius 2 is 1.45 bits per heavy atom. The van der Waals surface area contributed by atoms with Gasteiger partial charge in [-0.3, -0.25) is 0 Å². The molecule has 0 spiro atoms. The van der Waals surface area contributed by atoms with Gasteiger partial charge in [0.25, 0.3) is 0 Å². The van der Waals surface area contributed by atoms with E-state index in [1.165, 1.54) is 25.7 Å². The van der Waals surface area contributed by atoms with Gasteiger partial charge in [-0.2, -0.15) is 0 Å². The summed E-state index contributed by atoms with van der Waals surface area (Å²) >= 11 is 17.1. The Kier molecular flexibility index (Phi) is 4.18. The van der Waals surface area contributed by atoms with E-state index in [-0.39, 0.29) is 0 Å². The minimum atomic E-state index is -1.99. The molecule has 0 heterocycles. The summed E-state index contributed by atoms with van der Waals surface area (Å²) in [6.07, 6.45) is 7.51. The lowest BCUT2D eigenvalue weighted by molar-refractivity contribution is 0.702. The third kappa shape index (κ3) is 3.63. The molecule has 0 amide bonds. The van der Waals surface area contributed by atoms with Gasteiger partial charge in [-0.25, -0.2) is 0 Å². The second-order valence-electron chi connectivity index (χ2n) is 3.15. The Morgan fingerprint density at radius 1 is 1.00 bits per heavy atom. The zero-order chi connectivity index (χ0) is 8.32.